The van der Waals surface area contributed by atoms with Crippen LogP contribution in [0.25, 0.3) is 0 Å². The largest absolute Gasteiger partial charge is 0.336 e. The molecule has 1 fully saturated rings. The number of urea groups is 1. The zero-order valence-electron chi connectivity index (χ0n) is 14.9. The van der Waals surface area contributed by atoms with Gasteiger partial charge >= 0.3 is 6.03 Å². The minimum absolute atomic E-state index is 0. The maximum Gasteiger partial charge on any atom is 0.319 e. The van der Waals surface area contributed by atoms with E-state index >= 15 is 0 Å². The van der Waals surface area contributed by atoms with Gasteiger partial charge in [-0.25, -0.2) is 4.79 Å². The summed E-state index contributed by atoms with van der Waals surface area (Å²) in [7, 11) is 0. The highest BCUT2D eigenvalue weighted by Crippen LogP contribution is 2.22. The van der Waals surface area contributed by atoms with Crippen molar-refractivity contribution in [2.24, 2.45) is 5.92 Å². The van der Waals surface area contributed by atoms with Gasteiger partial charge < -0.3 is 21.3 Å². The van der Waals surface area contributed by atoms with E-state index in [1.54, 1.807) is 12.1 Å². The van der Waals surface area contributed by atoms with Crippen LogP contribution in [0.15, 0.2) is 24.3 Å². The minimum atomic E-state index is -0.276. The molecule has 1 heterocycles. The Morgan fingerprint density at radius 3 is 2.32 bits per heavy atom. The van der Waals surface area contributed by atoms with E-state index in [9.17, 15) is 9.59 Å². The molecule has 1 saturated heterocycles. The summed E-state index contributed by atoms with van der Waals surface area (Å²) in [5.74, 6) is 0.620. The molecule has 0 saturated carbocycles. The van der Waals surface area contributed by atoms with E-state index < -0.39 is 0 Å². The first-order valence-corrected chi connectivity index (χ1v) is 8.71. The Morgan fingerprint density at radius 1 is 1.12 bits per heavy atom. The maximum absolute atomic E-state index is 12.2. The lowest BCUT2D eigenvalue weighted by Gasteiger charge is -2.22. The number of amides is 3. The Morgan fingerprint density at radius 2 is 1.72 bits per heavy atom. The van der Waals surface area contributed by atoms with Gasteiger partial charge in [0.25, 0.3) is 0 Å². The average molecular weight is 369 g/mol. The zero-order valence-corrected chi connectivity index (χ0v) is 15.7. The molecule has 6 nitrogen and oxygen atoms in total. The Kier molecular flexibility index (Phi) is 9.31. The fourth-order valence-corrected chi connectivity index (χ4v) is 2.84. The van der Waals surface area contributed by atoms with Crippen molar-refractivity contribution in [1.82, 2.24) is 10.6 Å². The van der Waals surface area contributed by atoms with Crippen LogP contribution < -0.4 is 21.3 Å². The summed E-state index contributed by atoms with van der Waals surface area (Å²) in [5, 5.41) is 11.8. The Hall–Kier alpha value is -1.79. The van der Waals surface area contributed by atoms with E-state index in [1.165, 1.54) is 0 Å². The number of carbonyl (C=O) groups is 2. The summed E-state index contributed by atoms with van der Waals surface area (Å²) in [5.41, 5.74) is 1.23. The average Bonchev–Trinajstić information content (AvgIpc) is 2.55. The lowest BCUT2D eigenvalue weighted by atomic mass is 9.93. The van der Waals surface area contributed by atoms with Gasteiger partial charge in [0.05, 0.1) is 11.4 Å². The first-order valence-electron chi connectivity index (χ1n) is 8.71. The van der Waals surface area contributed by atoms with Crippen LogP contribution in [0.1, 0.15) is 39.5 Å². The van der Waals surface area contributed by atoms with Crippen LogP contribution in [0, 0.1) is 5.92 Å². The molecule has 0 atom stereocenters. The van der Waals surface area contributed by atoms with E-state index in [0.29, 0.717) is 23.7 Å². The molecule has 1 aliphatic rings. The molecule has 0 bridgehead atoms. The molecule has 140 valence electrons. The Balaban J connectivity index is 0.00000312. The summed E-state index contributed by atoms with van der Waals surface area (Å²) in [6.45, 7) is 5.89. The lowest BCUT2D eigenvalue weighted by molar-refractivity contribution is -0.116. The van der Waals surface area contributed by atoms with Crippen molar-refractivity contribution in [3.63, 3.8) is 0 Å². The number of carbonyl (C=O) groups excluding carboxylic acids is 2. The molecular formula is C18H29ClN4O2. The molecule has 7 heteroatoms. The lowest BCUT2D eigenvalue weighted by Crippen LogP contribution is -2.34. The SMILES string of the molecule is CC(C)NC(=O)Nc1ccccc1NC(=O)CCC1CCNCC1.Cl. The van der Waals surface area contributed by atoms with Crippen LogP contribution >= 0.6 is 12.4 Å². The standard InChI is InChI=1S/C18H28N4O2.ClH/c1-13(2)20-18(24)22-16-6-4-3-5-15(16)21-17(23)8-7-14-9-11-19-12-10-14;/h3-6,13-14,19H,7-12H2,1-2H3,(H,21,23)(H2,20,22,24);1H. The number of hydrogen-bond donors (Lipinski definition) is 4. The van der Waals surface area contributed by atoms with Crippen LogP contribution in [-0.2, 0) is 4.79 Å². The van der Waals surface area contributed by atoms with Gasteiger partial charge in [-0.2, -0.15) is 0 Å². The van der Waals surface area contributed by atoms with E-state index in [-0.39, 0.29) is 30.4 Å². The highest BCUT2D eigenvalue weighted by atomic mass is 35.5. The van der Waals surface area contributed by atoms with Crippen LogP contribution in [0.3, 0.4) is 0 Å². The van der Waals surface area contributed by atoms with Crippen molar-refractivity contribution >= 4 is 35.7 Å². The molecule has 4 N–H and O–H groups in total. The van der Waals surface area contributed by atoms with E-state index in [4.69, 9.17) is 0 Å². The summed E-state index contributed by atoms with van der Waals surface area (Å²) in [6.07, 6.45) is 3.70. The first-order chi connectivity index (χ1) is 11.5. The number of rotatable bonds is 6. The molecule has 1 aliphatic heterocycles. The first kappa shape index (κ1) is 21.3. The van der Waals surface area contributed by atoms with Gasteiger partial charge in [0.1, 0.15) is 0 Å². The number of piperidine rings is 1. The highest BCUT2D eigenvalue weighted by molar-refractivity contribution is 5.99. The fraction of sp³-hybridized carbons (Fsp3) is 0.556. The second-order valence-corrected chi connectivity index (χ2v) is 6.58. The molecule has 0 radical (unpaired) electrons. The van der Waals surface area contributed by atoms with Gasteiger partial charge in [0.15, 0.2) is 0 Å². The van der Waals surface area contributed by atoms with Gasteiger partial charge in [0, 0.05) is 12.5 Å². The van der Waals surface area contributed by atoms with Gasteiger partial charge in [-0.3, -0.25) is 4.79 Å². The van der Waals surface area contributed by atoms with Gasteiger partial charge in [-0.1, -0.05) is 12.1 Å². The van der Waals surface area contributed by atoms with Crippen LogP contribution in [-0.4, -0.2) is 31.1 Å². The number of anilines is 2. The molecule has 0 unspecified atom stereocenters. The third-order valence-corrected chi connectivity index (χ3v) is 4.11. The van der Waals surface area contributed by atoms with Gasteiger partial charge in [-0.05, 0) is 64.3 Å². The predicted molar refractivity (Wildman–Crippen MR) is 104 cm³/mol. The fourth-order valence-electron chi connectivity index (χ4n) is 2.84. The third-order valence-electron chi connectivity index (χ3n) is 4.11. The van der Waals surface area contributed by atoms with Gasteiger partial charge in [0.2, 0.25) is 5.91 Å². The van der Waals surface area contributed by atoms with Gasteiger partial charge in [-0.15, -0.1) is 12.4 Å². The maximum atomic E-state index is 12.2. The number of para-hydroxylation sites is 2. The molecular weight excluding hydrogens is 340 g/mol. The van der Waals surface area contributed by atoms with Crippen LogP contribution in [0.4, 0.5) is 16.2 Å². The molecule has 1 aromatic carbocycles. The van der Waals surface area contributed by atoms with Crippen molar-refractivity contribution < 1.29 is 9.59 Å². The number of halogens is 1. The van der Waals surface area contributed by atoms with Crippen molar-refractivity contribution in [1.29, 1.82) is 0 Å². The smallest absolute Gasteiger partial charge is 0.319 e. The van der Waals surface area contributed by atoms with Crippen molar-refractivity contribution in [3.8, 4) is 0 Å². The van der Waals surface area contributed by atoms with Crippen LogP contribution in [0.2, 0.25) is 0 Å². The molecule has 2 rings (SSSR count). The predicted octanol–water partition coefficient (Wildman–Crippen LogP) is 3.36. The third kappa shape index (κ3) is 7.75. The molecule has 0 aliphatic carbocycles. The summed E-state index contributed by atoms with van der Waals surface area (Å²) in [6, 6.07) is 7.03. The quantitative estimate of drug-likeness (QED) is 0.621. The molecule has 1 aromatic rings. The highest BCUT2D eigenvalue weighted by Gasteiger charge is 2.15. The topological polar surface area (TPSA) is 82.3 Å². The van der Waals surface area contributed by atoms with Crippen molar-refractivity contribution in [3.05, 3.63) is 24.3 Å². The van der Waals surface area contributed by atoms with E-state index in [0.717, 1.165) is 32.4 Å². The summed E-state index contributed by atoms with van der Waals surface area (Å²) >= 11 is 0. The minimum Gasteiger partial charge on any atom is -0.336 e. The molecule has 0 aromatic heterocycles. The van der Waals surface area contributed by atoms with Crippen LogP contribution in [0.5, 0.6) is 0 Å². The summed E-state index contributed by atoms with van der Waals surface area (Å²) in [4.78, 5) is 24.1. The molecule has 25 heavy (non-hydrogen) atoms. The second kappa shape index (κ2) is 10.9. The number of benzene rings is 1. The Labute approximate surface area is 155 Å². The van der Waals surface area contributed by atoms with Crippen molar-refractivity contribution in [2.75, 3.05) is 23.7 Å². The van der Waals surface area contributed by atoms with Crippen molar-refractivity contribution in [2.45, 2.75) is 45.6 Å². The van der Waals surface area contributed by atoms with E-state index in [2.05, 4.69) is 21.3 Å². The zero-order chi connectivity index (χ0) is 17.4. The monoisotopic (exact) mass is 368 g/mol. The number of hydrogen-bond acceptors (Lipinski definition) is 3. The Bertz CT molecular complexity index is 560. The summed E-state index contributed by atoms with van der Waals surface area (Å²) < 4.78 is 0. The van der Waals surface area contributed by atoms with E-state index in [1.807, 2.05) is 26.0 Å². The molecule has 3 amide bonds. The number of nitrogens with one attached hydrogen (secondary N) is 4. The second-order valence-electron chi connectivity index (χ2n) is 6.58. The normalized spacial score (nSPS) is 14.5. The molecule has 0 spiro atoms.